The summed E-state index contributed by atoms with van der Waals surface area (Å²) in [5, 5.41) is 11.8. The van der Waals surface area contributed by atoms with Gasteiger partial charge >= 0.3 is 6.18 Å². The van der Waals surface area contributed by atoms with E-state index in [1.165, 1.54) is 37.5 Å². The first-order valence-electron chi connectivity index (χ1n) is 12.8. The maximum absolute atomic E-state index is 14.3. The van der Waals surface area contributed by atoms with Crippen LogP contribution in [0.1, 0.15) is 33.7 Å². The summed E-state index contributed by atoms with van der Waals surface area (Å²) in [6, 6.07) is 7.01. The average Bonchev–Trinajstić information content (AvgIpc) is 3.56. The van der Waals surface area contributed by atoms with Crippen LogP contribution in [0.4, 0.5) is 17.6 Å². The lowest BCUT2D eigenvalue weighted by Crippen LogP contribution is -2.71. The van der Waals surface area contributed by atoms with Crippen molar-refractivity contribution in [3.63, 3.8) is 0 Å². The molecule has 0 saturated carbocycles. The van der Waals surface area contributed by atoms with Gasteiger partial charge in [0, 0.05) is 44.0 Å². The number of hydrogen-bond acceptors (Lipinski definition) is 8. The second-order valence-corrected chi connectivity index (χ2v) is 12.5. The van der Waals surface area contributed by atoms with E-state index in [9.17, 15) is 30.8 Å². The summed E-state index contributed by atoms with van der Waals surface area (Å²) in [5.74, 6) is -1.25. The van der Waals surface area contributed by atoms with Crippen molar-refractivity contribution in [3.05, 3.63) is 83.3 Å². The minimum absolute atomic E-state index is 0.00870. The SMILES string of the molecule is Cn1ncc(S(=O)(=O)N2CC[C@@]3(N)Cc4c(cnn4-c4ccc(F)cc4)C[C@]3(C(=O)c3cc(C(F)(F)F)ccn3)C2)n1. The number of benzene rings is 1. The molecule has 4 aromatic rings. The van der Waals surface area contributed by atoms with Crippen LogP contribution >= 0.6 is 0 Å². The molecule has 1 aromatic carbocycles. The number of Topliss-reactive ketones (excluding diaryl/α,β-unsaturated/α-hetero) is 1. The molecule has 220 valence electrons. The molecule has 1 aliphatic heterocycles. The second kappa shape index (κ2) is 9.50. The van der Waals surface area contributed by atoms with Crippen molar-refractivity contribution in [1.29, 1.82) is 0 Å². The van der Waals surface area contributed by atoms with E-state index in [1.54, 1.807) is 4.68 Å². The lowest BCUT2D eigenvalue weighted by atomic mass is 9.55. The molecule has 4 heterocycles. The highest BCUT2D eigenvalue weighted by Crippen LogP contribution is 2.50. The molecule has 16 heteroatoms. The number of aromatic nitrogens is 6. The molecule has 0 bridgehead atoms. The number of pyridine rings is 1. The molecule has 1 fully saturated rings. The predicted molar refractivity (Wildman–Crippen MR) is 138 cm³/mol. The first-order chi connectivity index (χ1) is 19.7. The van der Waals surface area contributed by atoms with Crippen LogP contribution in [0.15, 0.2) is 60.0 Å². The van der Waals surface area contributed by atoms with E-state index in [2.05, 4.69) is 20.3 Å². The largest absolute Gasteiger partial charge is 0.416 e. The van der Waals surface area contributed by atoms with Crippen LogP contribution in [0.25, 0.3) is 5.69 Å². The number of piperidine rings is 1. The average molecular weight is 605 g/mol. The molecule has 6 rings (SSSR count). The number of fused-ring (bicyclic) bond motifs is 2. The standard InChI is InChI=1S/C26H24F4N8O3S/c1-36-33-14-22(35-36)42(40,41)37-9-7-25(31)12-21-16(13-34-38(21)19-4-2-18(27)3-5-19)11-24(25,15-37)23(39)20-10-17(6-8-32-20)26(28,29)30/h2-6,8,10,13-14H,7,9,11-12,15,31H2,1H3/t24-,25-/m1/s1. The van der Waals surface area contributed by atoms with Gasteiger partial charge < -0.3 is 5.73 Å². The third-order valence-corrected chi connectivity index (χ3v) is 9.85. The van der Waals surface area contributed by atoms with Crippen molar-refractivity contribution >= 4 is 15.8 Å². The van der Waals surface area contributed by atoms with Crippen molar-refractivity contribution in [3.8, 4) is 5.69 Å². The number of rotatable bonds is 5. The number of sulfonamides is 1. The zero-order chi connectivity index (χ0) is 30.1. The van der Waals surface area contributed by atoms with Crippen LogP contribution in [0, 0.1) is 11.2 Å². The number of halogens is 4. The van der Waals surface area contributed by atoms with Crippen molar-refractivity contribution < 1.29 is 30.8 Å². The number of nitrogens with two attached hydrogens (primary N) is 1. The molecule has 1 aliphatic carbocycles. The maximum Gasteiger partial charge on any atom is 0.416 e. The van der Waals surface area contributed by atoms with Gasteiger partial charge in [-0.25, -0.2) is 17.5 Å². The van der Waals surface area contributed by atoms with Gasteiger partial charge in [0.05, 0.1) is 29.1 Å². The van der Waals surface area contributed by atoms with E-state index in [4.69, 9.17) is 5.73 Å². The number of aryl methyl sites for hydroxylation is 1. The fraction of sp³-hybridized carbons (Fsp3) is 0.346. The first-order valence-corrected chi connectivity index (χ1v) is 14.2. The van der Waals surface area contributed by atoms with Crippen molar-refractivity contribution in [1.82, 2.24) is 34.1 Å². The molecular weight excluding hydrogens is 580 g/mol. The molecule has 0 spiro atoms. The highest BCUT2D eigenvalue weighted by Gasteiger charge is 2.62. The molecular formula is C26H24F4N8O3S. The first kappa shape index (κ1) is 28.1. The molecule has 2 N–H and O–H groups in total. The Hall–Kier alpha value is -4.02. The topological polar surface area (TPSA) is 142 Å². The molecule has 0 amide bonds. The van der Waals surface area contributed by atoms with E-state index in [0.29, 0.717) is 23.0 Å². The Balaban J connectivity index is 1.48. The van der Waals surface area contributed by atoms with Gasteiger partial charge in [0.15, 0.2) is 5.78 Å². The van der Waals surface area contributed by atoms with Crippen molar-refractivity contribution in [2.24, 2.45) is 18.2 Å². The van der Waals surface area contributed by atoms with Gasteiger partial charge in [0.1, 0.15) is 11.5 Å². The van der Waals surface area contributed by atoms with E-state index < -0.39 is 56.6 Å². The van der Waals surface area contributed by atoms with Gasteiger partial charge in [-0.15, -0.1) is 5.10 Å². The van der Waals surface area contributed by atoms with Gasteiger partial charge in [0.2, 0.25) is 5.03 Å². The Bertz CT molecular complexity index is 1800. The van der Waals surface area contributed by atoms with Crippen LogP contribution in [-0.4, -0.2) is 66.9 Å². The number of alkyl halides is 3. The van der Waals surface area contributed by atoms with Crippen LogP contribution in [0.2, 0.25) is 0 Å². The second-order valence-electron chi connectivity index (χ2n) is 10.6. The molecule has 3 aromatic heterocycles. The van der Waals surface area contributed by atoms with Crippen molar-refractivity contribution in [2.45, 2.75) is 36.0 Å². The summed E-state index contributed by atoms with van der Waals surface area (Å²) < 4.78 is 84.1. The number of nitrogens with zero attached hydrogens (tertiary/aromatic N) is 7. The van der Waals surface area contributed by atoms with E-state index in [-0.39, 0.29) is 30.8 Å². The Kier molecular flexibility index (Phi) is 6.36. The van der Waals surface area contributed by atoms with E-state index in [0.717, 1.165) is 27.6 Å². The molecule has 11 nitrogen and oxygen atoms in total. The Morgan fingerprint density at radius 3 is 2.48 bits per heavy atom. The fourth-order valence-corrected chi connectivity index (χ4v) is 7.29. The lowest BCUT2D eigenvalue weighted by molar-refractivity contribution is -0.137. The quantitative estimate of drug-likeness (QED) is 0.270. The van der Waals surface area contributed by atoms with Gasteiger partial charge in [-0.05, 0) is 54.8 Å². The third-order valence-electron chi connectivity index (χ3n) is 8.15. The smallest absolute Gasteiger partial charge is 0.324 e. The predicted octanol–water partition coefficient (Wildman–Crippen LogP) is 2.31. The van der Waals surface area contributed by atoms with Gasteiger partial charge in [-0.2, -0.15) is 32.5 Å². The summed E-state index contributed by atoms with van der Waals surface area (Å²) >= 11 is 0. The minimum Gasteiger partial charge on any atom is -0.324 e. The van der Waals surface area contributed by atoms with Crippen molar-refractivity contribution in [2.75, 3.05) is 13.1 Å². The lowest BCUT2D eigenvalue weighted by Gasteiger charge is -2.55. The number of carbonyl (C=O) groups excluding carboxylic acids is 1. The molecule has 1 saturated heterocycles. The summed E-state index contributed by atoms with van der Waals surface area (Å²) in [4.78, 5) is 19.4. The normalized spacial score (nSPS) is 22.9. The molecule has 2 aliphatic rings. The number of ketones is 1. The number of carbonyl (C=O) groups is 1. The summed E-state index contributed by atoms with van der Waals surface area (Å²) in [5.41, 5.74) is 4.10. The third kappa shape index (κ3) is 4.40. The molecule has 0 unspecified atom stereocenters. The fourth-order valence-electron chi connectivity index (χ4n) is 5.90. The Labute approximate surface area is 237 Å². The van der Waals surface area contributed by atoms with Gasteiger partial charge in [0.25, 0.3) is 10.0 Å². The molecule has 2 atom stereocenters. The Morgan fingerprint density at radius 2 is 1.81 bits per heavy atom. The molecule has 42 heavy (non-hydrogen) atoms. The van der Waals surface area contributed by atoms with Crippen LogP contribution in [-0.2, 0) is 36.1 Å². The van der Waals surface area contributed by atoms with Gasteiger partial charge in [-0.3, -0.25) is 9.78 Å². The summed E-state index contributed by atoms with van der Waals surface area (Å²) in [7, 11) is -2.80. The van der Waals surface area contributed by atoms with Gasteiger partial charge in [-0.1, -0.05) is 0 Å². The molecule has 0 radical (unpaired) electrons. The van der Waals surface area contributed by atoms with E-state index in [1.807, 2.05) is 0 Å². The van der Waals surface area contributed by atoms with Crippen LogP contribution < -0.4 is 5.73 Å². The monoisotopic (exact) mass is 604 g/mol. The maximum atomic E-state index is 14.3. The summed E-state index contributed by atoms with van der Waals surface area (Å²) in [6.07, 6.45) is -1.35. The van der Waals surface area contributed by atoms with Crippen LogP contribution in [0.5, 0.6) is 0 Å². The Morgan fingerprint density at radius 1 is 1.07 bits per heavy atom. The minimum atomic E-state index is -4.74. The highest BCUT2D eigenvalue weighted by molar-refractivity contribution is 7.89. The van der Waals surface area contributed by atoms with E-state index >= 15 is 0 Å². The summed E-state index contributed by atoms with van der Waals surface area (Å²) in [6.45, 7) is -0.513. The zero-order valence-electron chi connectivity index (χ0n) is 22.1. The number of hydrogen-bond donors (Lipinski definition) is 1. The van der Waals surface area contributed by atoms with Crippen LogP contribution in [0.3, 0.4) is 0 Å². The zero-order valence-corrected chi connectivity index (χ0v) is 22.9. The highest BCUT2D eigenvalue weighted by atomic mass is 32.2.